The fourth-order valence-electron chi connectivity index (χ4n) is 1.92. The molecule has 1 aromatic heterocycles. The summed E-state index contributed by atoms with van der Waals surface area (Å²) in [5.74, 6) is 0.995. The van der Waals surface area contributed by atoms with Crippen LogP contribution in [0.2, 0.25) is 0 Å². The molecule has 2 aromatic rings. The molecule has 2 atom stereocenters. The first-order valence-corrected chi connectivity index (χ1v) is 6.58. The van der Waals surface area contributed by atoms with Crippen molar-refractivity contribution in [3.05, 3.63) is 53.7 Å². The van der Waals surface area contributed by atoms with Crippen molar-refractivity contribution in [1.29, 1.82) is 0 Å². The van der Waals surface area contributed by atoms with Crippen LogP contribution in [0.25, 0.3) is 0 Å². The molecule has 106 valence electrons. The summed E-state index contributed by atoms with van der Waals surface area (Å²) in [4.78, 5) is 16.1. The van der Waals surface area contributed by atoms with Crippen LogP contribution >= 0.6 is 0 Å². The number of nitrogens with two attached hydrogens (primary N) is 1. The Bertz CT molecular complexity index is 566. The fourth-order valence-corrected chi connectivity index (χ4v) is 1.92. The second-order valence-electron chi connectivity index (χ2n) is 4.84. The van der Waals surface area contributed by atoms with Gasteiger partial charge in [0.2, 0.25) is 11.8 Å². The van der Waals surface area contributed by atoms with Crippen LogP contribution in [0.15, 0.2) is 40.9 Å². The lowest BCUT2D eigenvalue weighted by molar-refractivity contribution is -0.123. The summed E-state index contributed by atoms with van der Waals surface area (Å²) in [5.41, 5.74) is 6.95. The lowest BCUT2D eigenvalue weighted by Gasteiger charge is -2.15. The molecule has 0 aliphatic heterocycles. The van der Waals surface area contributed by atoms with Gasteiger partial charge >= 0.3 is 0 Å². The Hall–Kier alpha value is -2.14. The van der Waals surface area contributed by atoms with E-state index in [-0.39, 0.29) is 11.9 Å². The van der Waals surface area contributed by atoms with Crippen LogP contribution in [0.3, 0.4) is 0 Å². The topological polar surface area (TPSA) is 81.2 Å². The van der Waals surface area contributed by atoms with Gasteiger partial charge < -0.3 is 15.5 Å². The average Bonchev–Trinajstić information content (AvgIpc) is 2.86. The standard InChI is InChI=1S/C15H19N3O2/c1-10-9-17-15(20-10)11(2)18-14(19)13(16)8-12-6-4-3-5-7-12/h3-7,9,11,13H,8,16H2,1-2H3,(H,18,19). The lowest BCUT2D eigenvalue weighted by atomic mass is 10.1. The van der Waals surface area contributed by atoms with Gasteiger partial charge in [0.25, 0.3) is 0 Å². The monoisotopic (exact) mass is 273 g/mol. The molecule has 1 aromatic carbocycles. The first kappa shape index (κ1) is 14.3. The summed E-state index contributed by atoms with van der Waals surface area (Å²) in [6.07, 6.45) is 2.13. The zero-order valence-electron chi connectivity index (χ0n) is 11.7. The number of hydrogen-bond acceptors (Lipinski definition) is 4. The predicted molar refractivity (Wildman–Crippen MR) is 75.9 cm³/mol. The molecule has 0 saturated heterocycles. The molecule has 20 heavy (non-hydrogen) atoms. The highest BCUT2D eigenvalue weighted by atomic mass is 16.4. The van der Waals surface area contributed by atoms with Crippen molar-refractivity contribution in [3.8, 4) is 0 Å². The third-order valence-corrected chi connectivity index (χ3v) is 3.00. The minimum absolute atomic E-state index is 0.211. The highest BCUT2D eigenvalue weighted by Gasteiger charge is 2.19. The fraction of sp³-hybridized carbons (Fsp3) is 0.333. The van der Waals surface area contributed by atoms with Gasteiger partial charge in [0.1, 0.15) is 11.8 Å². The summed E-state index contributed by atoms with van der Waals surface area (Å²) in [7, 11) is 0. The molecular formula is C15H19N3O2. The number of nitrogens with one attached hydrogen (secondary N) is 1. The first-order chi connectivity index (χ1) is 9.56. The van der Waals surface area contributed by atoms with Gasteiger partial charge in [0.15, 0.2) is 0 Å². The van der Waals surface area contributed by atoms with Crippen molar-refractivity contribution >= 4 is 5.91 Å². The third-order valence-electron chi connectivity index (χ3n) is 3.00. The molecule has 0 aliphatic carbocycles. The number of carbonyl (C=O) groups excluding carboxylic acids is 1. The molecule has 1 amide bonds. The van der Waals surface area contributed by atoms with Crippen LogP contribution in [0, 0.1) is 6.92 Å². The average molecular weight is 273 g/mol. The van der Waals surface area contributed by atoms with E-state index in [0.29, 0.717) is 12.3 Å². The first-order valence-electron chi connectivity index (χ1n) is 6.58. The van der Waals surface area contributed by atoms with E-state index >= 15 is 0 Å². The maximum Gasteiger partial charge on any atom is 0.237 e. The molecule has 0 radical (unpaired) electrons. The Balaban J connectivity index is 1.91. The summed E-state index contributed by atoms with van der Waals surface area (Å²) >= 11 is 0. The normalized spacial score (nSPS) is 13.8. The molecule has 1 heterocycles. The molecule has 0 spiro atoms. The van der Waals surface area contributed by atoms with Gasteiger partial charge in [0, 0.05) is 0 Å². The van der Waals surface area contributed by atoms with Gasteiger partial charge in [-0.25, -0.2) is 4.98 Å². The van der Waals surface area contributed by atoms with Crippen molar-refractivity contribution < 1.29 is 9.21 Å². The van der Waals surface area contributed by atoms with Gasteiger partial charge in [0.05, 0.1) is 12.2 Å². The quantitative estimate of drug-likeness (QED) is 0.869. The molecule has 0 bridgehead atoms. The Morgan fingerprint density at radius 2 is 2.10 bits per heavy atom. The van der Waals surface area contributed by atoms with E-state index in [1.165, 1.54) is 0 Å². The van der Waals surface area contributed by atoms with Crippen LogP contribution in [-0.4, -0.2) is 16.9 Å². The van der Waals surface area contributed by atoms with Crippen molar-refractivity contribution in [2.24, 2.45) is 5.73 Å². The van der Waals surface area contributed by atoms with Crippen molar-refractivity contribution in [3.63, 3.8) is 0 Å². The van der Waals surface area contributed by atoms with E-state index in [9.17, 15) is 4.79 Å². The van der Waals surface area contributed by atoms with Gasteiger partial charge in [-0.15, -0.1) is 0 Å². The number of oxazole rings is 1. The second-order valence-corrected chi connectivity index (χ2v) is 4.84. The number of aryl methyl sites for hydroxylation is 1. The minimum Gasteiger partial charge on any atom is -0.444 e. The molecule has 3 N–H and O–H groups in total. The summed E-state index contributed by atoms with van der Waals surface area (Å²) in [6, 6.07) is 8.81. The number of benzene rings is 1. The Labute approximate surface area is 118 Å². The molecule has 5 heteroatoms. The second kappa shape index (κ2) is 6.34. The summed E-state index contributed by atoms with van der Waals surface area (Å²) < 4.78 is 5.38. The van der Waals surface area contributed by atoms with Crippen LogP contribution in [0.5, 0.6) is 0 Å². The van der Waals surface area contributed by atoms with E-state index in [0.717, 1.165) is 11.3 Å². The molecule has 2 unspecified atom stereocenters. The number of hydrogen-bond donors (Lipinski definition) is 2. The number of rotatable bonds is 5. The maximum absolute atomic E-state index is 12.0. The van der Waals surface area contributed by atoms with Crippen molar-refractivity contribution in [1.82, 2.24) is 10.3 Å². The zero-order valence-corrected chi connectivity index (χ0v) is 11.7. The highest BCUT2D eigenvalue weighted by molar-refractivity contribution is 5.82. The van der Waals surface area contributed by atoms with E-state index in [4.69, 9.17) is 10.2 Å². The van der Waals surface area contributed by atoms with E-state index in [1.807, 2.05) is 44.2 Å². The molecule has 0 aliphatic rings. The molecule has 0 saturated carbocycles. The zero-order chi connectivity index (χ0) is 14.5. The third kappa shape index (κ3) is 3.68. The number of aromatic nitrogens is 1. The molecule has 5 nitrogen and oxygen atoms in total. The van der Waals surface area contributed by atoms with Gasteiger partial charge in [-0.05, 0) is 25.8 Å². The van der Waals surface area contributed by atoms with Crippen molar-refractivity contribution in [2.75, 3.05) is 0 Å². The van der Waals surface area contributed by atoms with Gasteiger partial charge in [-0.1, -0.05) is 30.3 Å². The highest BCUT2D eigenvalue weighted by Crippen LogP contribution is 2.12. The predicted octanol–water partition coefficient (Wildman–Crippen LogP) is 1.73. The Morgan fingerprint density at radius 1 is 1.40 bits per heavy atom. The van der Waals surface area contributed by atoms with Gasteiger partial charge in [-0.2, -0.15) is 0 Å². The smallest absolute Gasteiger partial charge is 0.237 e. The van der Waals surface area contributed by atoms with Crippen LogP contribution in [0.4, 0.5) is 0 Å². The summed E-state index contributed by atoms with van der Waals surface area (Å²) in [6.45, 7) is 3.63. The van der Waals surface area contributed by atoms with E-state index in [1.54, 1.807) is 6.20 Å². The number of carbonyl (C=O) groups is 1. The van der Waals surface area contributed by atoms with E-state index in [2.05, 4.69) is 10.3 Å². The summed E-state index contributed by atoms with van der Waals surface area (Å²) in [5, 5.41) is 2.81. The van der Waals surface area contributed by atoms with Crippen molar-refractivity contribution in [2.45, 2.75) is 32.4 Å². The Kier molecular flexibility index (Phi) is 4.53. The SMILES string of the molecule is Cc1cnc(C(C)NC(=O)C(N)Cc2ccccc2)o1. The molecule has 0 fully saturated rings. The van der Waals surface area contributed by atoms with E-state index < -0.39 is 6.04 Å². The molecule has 2 rings (SSSR count). The largest absolute Gasteiger partial charge is 0.444 e. The van der Waals surface area contributed by atoms with Gasteiger partial charge in [-0.3, -0.25) is 4.79 Å². The molecular weight excluding hydrogens is 254 g/mol. The minimum atomic E-state index is -0.587. The lowest BCUT2D eigenvalue weighted by Crippen LogP contribution is -2.43. The number of amides is 1. The van der Waals surface area contributed by atoms with Crippen LogP contribution in [0.1, 0.15) is 30.2 Å². The van der Waals surface area contributed by atoms with Crippen LogP contribution < -0.4 is 11.1 Å². The number of nitrogens with zero attached hydrogens (tertiary/aromatic N) is 1. The Morgan fingerprint density at radius 3 is 2.70 bits per heavy atom. The maximum atomic E-state index is 12.0. The van der Waals surface area contributed by atoms with Crippen LogP contribution in [-0.2, 0) is 11.2 Å².